The molecule has 0 saturated carbocycles. The number of nitrogens with zero attached hydrogens (tertiary/aromatic N) is 1. The number of halogens is 1. The molecular formula is C16H25BrN2O2. The summed E-state index contributed by atoms with van der Waals surface area (Å²) < 4.78 is 6.22. The van der Waals surface area contributed by atoms with E-state index in [1.54, 1.807) is 13.2 Å². The van der Waals surface area contributed by atoms with Crippen molar-refractivity contribution in [2.75, 3.05) is 33.3 Å². The number of nitrogens with one attached hydrogen (secondary N) is 1. The fourth-order valence-electron chi connectivity index (χ4n) is 3.09. The van der Waals surface area contributed by atoms with Gasteiger partial charge in [-0.3, -0.25) is 4.90 Å². The van der Waals surface area contributed by atoms with Gasteiger partial charge in [0.25, 0.3) is 0 Å². The molecule has 0 radical (unpaired) electrons. The Morgan fingerprint density at radius 1 is 1.29 bits per heavy atom. The second-order valence-electron chi connectivity index (χ2n) is 6.57. The molecule has 4 nitrogen and oxygen atoms in total. The molecule has 1 aromatic carbocycles. The van der Waals surface area contributed by atoms with Crippen LogP contribution in [-0.4, -0.2) is 43.3 Å². The minimum Gasteiger partial charge on any atom is -0.504 e. The van der Waals surface area contributed by atoms with Crippen LogP contribution in [0.25, 0.3) is 0 Å². The van der Waals surface area contributed by atoms with E-state index in [-0.39, 0.29) is 17.2 Å². The lowest BCUT2D eigenvalue weighted by Crippen LogP contribution is -2.48. The predicted octanol–water partition coefficient (Wildman–Crippen LogP) is 3.16. The topological polar surface area (TPSA) is 44.7 Å². The molecule has 1 fully saturated rings. The standard InChI is InChI=1S/C16H25BrN2O2/c1-16(2,3)15(19-9-7-18-8-10-19)13-11(17)5-6-12(21-4)14(13)20/h5-6,15,18,20H,7-10H2,1-4H3/t15-/m1/s1. The molecule has 0 aromatic heterocycles. The molecule has 1 atom stereocenters. The number of phenolic OH excluding ortho intramolecular Hbond substituents is 1. The summed E-state index contributed by atoms with van der Waals surface area (Å²) in [5.41, 5.74) is 0.924. The minimum absolute atomic E-state index is 0.00368. The Kier molecular flexibility index (Phi) is 5.17. The number of rotatable bonds is 3. The number of aromatic hydroxyl groups is 1. The van der Waals surface area contributed by atoms with Gasteiger partial charge in [-0.1, -0.05) is 36.7 Å². The Morgan fingerprint density at radius 2 is 1.90 bits per heavy atom. The van der Waals surface area contributed by atoms with E-state index in [1.165, 1.54) is 0 Å². The Labute approximate surface area is 135 Å². The lowest BCUT2D eigenvalue weighted by molar-refractivity contribution is 0.0834. The predicted molar refractivity (Wildman–Crippen MR) is 89.0 cm³/mol. The molecule has 1 aliphatic heterocycles. The van der Waals surface area contributed by atoms with Crippen molar-refractivity contribution in [3.63, 3.8) is 0 Å². The molecule has 5 heteroatoms. The number of benzene rings is 1. The van der Waals surface area contributed by atoms with Gasteiger partial charge in [0.05, 0.1) is 7.11 Å². The van der Waals surface area contributed by atoms with Crippen molar-refractivity contribution < 1.29 is 9.84 Å². The normalized spacial score (nSPS) is 18.5. The van der Waals surface area contributed by atoms with Crippen LogP contribution in [-0.2, 0) is 0 Å². The summed E-state index contributed by atoms with van der Waals surface area (Å²) in [5, 5.41) is 14.0. The van der Waals surface area contributed by atoms with E-state index in [4.69, 9.17) is 4.74 Å². The zero-order valence-electron chi connectivity index (χ0n) is 13.2. The second-order valence-corrected chi connectivity index (χ2v) is 7.42. The fourth-order valence-corrected chi connectivity index (χ4v) is 3.63. The first-order valence-electron chi connectivity index (χ1n) is 7.36. The molecule has 0 amide bonds. The zero-order chi connectivity index (χ0) is 15.6. The average molecular weight is 357 g/mol. The van der Waals surface area contributed by atoms with Crippen LogP contribution < -0.4 is 10.1 Å². The Morgan fingerprint density at radius 3 is 2.43 bits per heavy atom. The van der Waals surface area contributed by atoms with Crippen molar-refractivity contribution in [3.8, 4) is 11.5 Å². The van der Waals surface area contributed by atoms with Gasteiger partial charge in [0.1, 0.15) is 0 Å². The van der Waals surface area contributed by atoms with E-state index >= 15 is 0 Å². The number of phenols is 1. The molecule has 118 valence electrons. The van der Waals surface area contributed by atoms with E-state index < -0.39 is 0 Å². The Hall–Kier alpha value is -0.780. The van der Waals surface area contributed by atoms with Crippen LogP contribution >= 0.6 is 15.9 Å². The third-order valence-electron chi connectivity index (χ3n) is 3.96. The van der Waals surface area contributed by atoms with Gasteiger partial charge in [0.2, 0.25) is 0 Å². The smallest absolute Gasteiger partial charge is 0.163 e. The van der Waals surface area contributed by atoms with E-state index in [1.807, 2.05) is 6.07 Å². The summed E-state index contributed by atoms with van der Waals surface area (Å²) >= 11 is 3.61. The Balaban J connectivity index is 2.51. The maximum absolute atomic E-state index is 10.6. The van der Waals surface area contributed by atoms with Crippen LogP contribution in [0, 0.1) is 5.41 Å². The van der Waals surface area contributed by atoms with Crippen LogP contribution in [0.1, 0.15) is 32.4 Å². The molecule has 21 heavy (non-hydrogen) atoms. The van der Waals surface area contributed by atoms with Gasteiger partial charge in [-0.05, 0) is 17.5 Å². The van der Waals surface area contributed by atoms with Crippen molar-refractivity contribution in [1.29, 1.82) is 0 Å². The number of ether oxygens (including phenoxy) is 1. The quantitative estimate of drug-likeness (QED) is 0.872. The lowest BCUT2D eigenvalue weighted by Gasteiger charge is -2.43. The largest absolute Gasteiger partial charge is 0.504 e. The first-order valence-corrected chi connectivity index (χ1v) is 8.15. The lowest BCUT2D eigenvalue weighted by atomic mass is 9.80. The molecular weight excluding hydrogens is 332 g/mol. The Bertz CT molecular complexity index is 494. The van der Waals surface area contributed by atoms with Crippen LogP contribution in [0.15, 0.2) is 16.6 Å². The van der Waals surface area contributed by atoms with Gasteiger partial charge in [-0.25, -0.2) is 0 Å². The molecule has 0 spiro atoms. The third-order valence-corrected chi connectivity index (χ3v) is 4.65. The summed E-state index contributed by atoms with van der Waals surface area (Å²) in [4.78, 5) is 2.44. The monoisotopic (exact) mass is 356 g/mol. The zero-order valence-corrected chi connectivity index (χ0v) is 14.8. The van der Waals surface area contributed by atoms with Gasteiger partial charge >= 0.3 is 0 Å². The van der Waals surface area contributed by atoms with Crippen LogP contribution in [0.2, 0.25) is 0 Å². The fraction of sp³-hybridized carbons (Fsp3) is 0.625. The van der Waals surface area contributed by atoms with E-state index in [0.717, 1.165) is 36.2 Å². The minimum atomic E-state index is 0.00368. The van der Waals surface area contributed by atoms with E-state index in [9.17, 15) is 5.11 Å². The van der Waals surface area contributed by atoms with Crippen molar-refractivity contribution in [3.05, 3.63) is 22.2 Å². The number of hydrogen-bond donors (Lipinski definition) is 2. The SMILES string of the molecule is COc1ccc(Br)c([C@@H](N2CCNCC2)C(C)(C)C)c1O. The number of hydrogen-bond acceptors (Lipinski definition) is 4. The van der Waals surface area contributed by atoms with Crippen LogP contribution in [0.3, 0.4) is 0 Å². The summed E-state index contributed by atoms with van der Waals surface area (Å²) in [5.74, 6) is 0.767. The first-order chi connectivity index (χ1) is 9.86. The van der Waals surface area contributed by atoms with Crippen molar-refractivity contribution in [1.82, 2.24) is 10.2 Å². The number of methoxy groups -OCH3 is 1. The van der Waals surface area contributed by atoms with Gasteiger partial charge in [-0.2, -0.15) is 0 Å². The molecule has 0 unspecified atom stereocenters. The molecule has 2 N–H and O–H groups in total. The van der Waals surface area contributed by atoms with Crippen molar-refractivity contribution >= 4 is 15.9 Å². The summed E-state index contributed by atoms with van der Waals surface area (Å²) in [6.45, 7) is 10.6. The van der Waals surface area contributed by atoms with Gasteiger partial charge in [-0.15, -0.1) is 0 Å². The van der Waals surface area contributed by atoms with Crippen LogP contribution in [0.4, 0.5) is 0 Å². The molecule has 1 heterocycles. The average Bonchev–Trinajstić information content (AvgIpc) is 2.43. The second kappa shape index (κ2) is 6.55. The molecule has 1 aliphatic rings. The highest BCUT2D eigenvalue weighted by Gasteiger charge is 2.36. The number of piperazine rings is 1. The third kappa shape index (κ3) is 3.52. The van der Waals surface area contributed by atoms with Crippen molar-refractivity contribution in [2.24, 2.45) is 5.41 Å². The molecule has 0 aliphatic carbocycles. The maximum Gasteiger partial charge on any atom is 0.163 e. The molecule has 1 aromatic rings. The first kappa shape index (κ1) is 16.6. The highest BCUT2D eigenvalue weighted by Crippen LogP contribution is 2.47. The highest BCUT2D eigenvalue weighted by molar-refractivity contribution is 9.10. The van der Waals surface area contributed by atoms with E-state index in [0.29, 0.717) is 5.75 Å². The summed E-state index contributed by atoms with van der Waals surface area (Å²) in [7, 11) is 1.59. The molecule has 2 rings (SSSR count). The molecule has 1 saturated heterocycles. The maximum atomic E-state index is 10.6. The van der Waals surface area contributed by atoms with Crippen LogP contribution in [0.5, 0.6) is 11.5 Å². The van der Waals surface area contributed by atoms with Crippen molar-refractivity contribution in [2.45, 2.75) is 26.8 Å². The summed E-state index contributed by atoms with van der Waals surface area (Å²) in [6.07, 6.45) is 0. The van der Waals surface area contributed by atoms with Gasteiger partial charge in [0, 0.05) is 42.3 Å². The summed E-state index contributed by atoms with van der Waals surface area (Å²) in [6, 6.07) is 3.87. The van der Waals surface area contributed by atoms with Gasteiger partial charge in [0.15, 0.2) is 11.5 Å². The van der Waals surface area contributed by atoms with E-state index in [2.05, 4.69) is 46.9 Å². The van der Waals surface area contributed by atoms with Gasteiger partial charge < -0.3 is 15.2 Å². The highest BCUT2D eigenvalue weighted by atomic mass is 79.9. The molecule has 0 bridgehead atoms.